The highest BCUT2D eigenvalue weighted by atomic mass is 16.1. The molecule has 0 unspecified atom stereocenters. The largest absolute Gasteiger partial charge is 0.299 e. The van der Waals surface area contributed by atoms with Crippen molar-refractivity contribution in [2.45, 2.75) is 85.1 Å². The van der Waals surface area contributed by atoms with Crippen LogP contribution in [0.3, 0.4) is 0 Å². The third-order valence-corrected chi connectivity index (χ3v) is 3.72. The molecule has 1 aromatic rings. The minimum Gasteiger partial charge on any atom is -0.299 e. The summed E-state index contributed by atoms with van der Waals surface area (Å²) >= 11 is 0. The van der Waals surface area contributed by atoms with Crippen molar-refractivity contribution in [1.29, 1.82) is 0 Å². The number of hydrogen-bond acceptors (Lipinski definition) is 2. The Morgan fingerprint density at radius 3 is 2.40 bits per heavy atom. The van der Waals surface area contributed by atoms with Gasteiger partial charge in [-0.2, -0.15) is 5.10 Å². The van der Waals surface area contributed by atoms with Crippen LogP contribution in [0.15, 0.2) is 6.07 Å². The number of carbonyl (C=O) groups is 1. The molecule has 0 aromatic carbocycles. The van der Waals surface area contributed by atoms with Gasteiger partial charge in [-0.05, 0) is 26.3 Å². The molecule has 0 bridgehead atoms. The first-order valence-electron chi connectivity index (χ1n) is 8.22. The molecule has 20 heavy (non-hydrogen) atoms. The number of hydrogen-bond donors (Lipinski definition) is 0. The van der Waals surface area contributed by atoms with Gasteiger partial charge in [0.2, 0.25) is 0 Å². The normalized spacial score (nSPS) is 10.9. The first-order chi connectivity index (χ1) is 9.67. The zero-order valence-corrected chi connectivity index (χ0v) is 13.5. The molecular weight excluding hydrogens is 248 g/mol. The van der Waals surface area contributed by atoms with Crippen molar-refractivity contribution in [1.82, 2.24) is 9.78 Å². The summed E-state index contributed by atoms with van der Waals surface area (Å²) in [6, 6.07) is 2.03. The zero-order chi connectivity index (χ0) is 14.8. The van der Waals surface area contributed by atoms with Crippen LogP contribution in [0.25, 0.3) is 0 Å². The molecule has 0 saturated carbocycles. The van der Waals surface area contributed by atoms with E-state index in [2.05, 4.69) is 18.9 Å². The third kappa shape index (κ3) is 6.36. The van der Waals surface area contributed by atoms with Crippen molar-refractivity contribution in [3.63, 3.8) is 0 Å². The van der Waals surface area contributed by atoms with Crippen molar-refractivity contribution in [3.8, 4) is 0 Å². The Kier molecular flexibility index (Phi) is 8.24. The smallest absolute Gasteiger partial charge is 0.138 e. The summed E-state index contributed by atoms with van der Waals surface area (Å²) < 4.78 is 1.94. The highest BCUT2D eigenvalue weighted by Gasteiger charge is 2.09. The Balaban J connectivity index is 2.17. The van der Waals surface area contributed by atoms with E-state index in [0.717, 1.165) is 30.8 Å². The van der Waals surface area contributed by atoms with Crippen LogP contribution < -0.4 is 0 Å². The van der Waals surface area contributed by atoms with E-state index >= 15 is 0 Å². The van der Waals surface area contributed by atoms with Crippen molar-refractivity contribution < 1.29 is 4.79 Å². The average molecular weight is 278 g/mol. The second-order valence-electron chi connectivity index (χ2n) is 5.68. The monoisotopic (exact) mass is 278 g/mol. The SMILES string of the molecule is CCCCCCCCCC(=O)Cc1cc(C)nn1CC. The summed E-state index contributed by atoms with van der Waals surface area (Å²) in [5.74, 6) is 0.355. The predicted octanol–water partition coefficient (Wildman–Crippen LogP) is 4.46. The molecule has 1 aromatic heterocycles. The van der Waals surface area contributed by atoms with Gasteiger partial charge in [0.1, 0.15) is 5.78 Å². The molecule has 0 radical (unpaired) electrons. The quantitative estimate of drug-likeness (QED) is 0.560. The number of rotatable bonds is 11. The van der Waals surface area contributed by atoms with Crippen LogP contribution in [0.2, 0.25) is 0 Å². The summed E-state index contributed by atoms with van der Waals surface area (Å²) in [5, 5.41) is 4.38. The van der Waals surface area contributed by atoms with Gasteiger partial charge in [0.15, 0.2) is 0 Å². The molecule has 3 nitrogen and oxygen atoms in total. The Morgan fingerprint density at radius 2 is 1.75 bits per heavy atom. The molecule has 1 rings (SSSR count). The van der Waals surface area contributed by atoms with Gasteiger partial charge in [0.05, 0.1) is 5.69 Å². The first-order valence-corrected chi connectivity index (χ1v) is 8.22. The highest BCUT2D eigenvalue weighted by molar-refractivity contribution is 5.80. The summed E-state index contributed by atoms with van der Waals surface area (Å²) in [5.41, 5.74) is 2.07. The Labute approximate surface area is 123 Å². The van der Waals surface area contributed by atoms with E-state index in [1.54, 1.807) is 0 Å². The first kappa shape index (κ1) is 16.9. The maximum Gasteiger partial charge on any atom is 0.138 e. The van der Waals surface area contributed by atoms with Gasteiger partial charge in [-0.1, -0.05) is 45.4 Å². The Bertz CT molecular complexity index is 396. The van der Waals surface area contributed by atoms with Crippen molar-refractivity contribution in [3.05, 3.63) is 17.5 Å². The molecule has 0 amide bonds. The molecule has 3 heteroatoms. The molecule has 0 N–H and O–H groups in total. The van der Waals surface area contributed by atoms with Gasteiger partial charge in [0, 0.05) is 25.1 Å². The fraction of sp³-hybridized carbons (Fsp3) is 0.765. The molecule has 1 heterocycles. The maximum atomic E-state index is 12.0. The predicted molar refractivity (Wildman–Crippen MR) is 84.0 cm³/mol. The molecule has 0 aliphatic rings. The molecular formula is C17H30N2O. The van der Waals surface area contributed by atoms with Crippen LogP contribution in [0.1, 0.15) is 76.6 Å². The summed E-state index contributed by atoms with van der Waals surface area (Å²) in [4.78, 5) is 12.0. The van der Waals surface area contributed by atoms with Crippen molar-refractivity contribution in [2.24, 2.45) is 0 Å². The van der Waals surface area contributed by atoms with E-state index in [-0.39, 0.29) is 0 Å². The minimum atomic E-state index is 0.355. The molecule has 0 atom stereocenters. The molecule has 114 valence electrons. The highest BCUT2D eigenvalue weighted by Crippen LogP contribution is 2.11. The van der Waals surface area contributed by atoms with E-state index in [1.807, 2.05) is 17.7 Å². The summed E-state index contributed by atoms with van der Waals surface area (Å²) in [6.07, 6.45) is 10.1. The van der Waals surface area contributed by atoms with Gasteiger partial charge in [-0.3, -0.25) is 9.48 Å². The van der Waals surface area contributed by atoms with Gasteiger partial charge in [-0.15, -0.1) is 0 Å². The number of unbranched alkanes of at least 4 members (excludes halogenated alkanes) is 6. The molecule has 0 spiro atoms. The third-order valence-electron chi connectivity index (χ3n) is 3.72. The van der Waals surface area contributed by atoms with Gasteiger partial charge >= 0.3 is 0 Å². The second kappa shape index (κ2) is 9.73. The van der Waals surface area contributed by atoms with E-state index in [1.165, 1.54) is 38.5 Å². The van der Waals surface area contributed by atoms with Gasteiger partial charge in [0.25, 0.3) is 0 Å². The molecule has 0 saturated heterocycles. The topological polar surface area (TPSA) is 34.9 Å². The lowest BCUT2D eigenvalue weighted by Gasteiger charge is -2.04. The van der Waals surface area contributed by atoms with Crippen LogP contribution >= 0.6 is 0 Å². The van der Waals surface area contributed by atoms with Crippen LogP contribution in [0.5, 0.6) is 0 Å². The lowest BCUT2D eigenvalue weighted by molar-refractivity contribution is -0.118. The van der Waals surface area contributed by atoms with Gasteiger partial charge < -0.3 is 0 Å². The lowest BCUT2D eigenvalue weighted by atomic mass is 10.0. The van der Waals surface area contributed by atoms with Crippen molar-refractivity contribution in [2.75, 3.05) is 0 Å². The number of aryl methyl sites for hydroxylation is 2. The Morgan fingerprint density at radius 1 is 1.10 bits per heavy atom. The van der Waals surface area contributed by atoms with Crippen LogP contribution in [-0.4, -0.2) is 15.6 Å². The minimum absolute atomic E-state index is 0.355. The average Bonchev–Trinajstić information content (AvgIpc) is 2.77. The van der Waals surface area contributed by atoms with E-state index < -0.39 is 0 Å². The number of ketones is 1. The van der Waals surface area contributed by atoms with Crippen LogP contribution in [-0.2, 0) is 17.8 Å². The van der Waals surface area contributed by atoms with Crippen LogP contribution in [0.4, 0.5) is 0 Å². The van der Waals surface area contributed by atoms with E-state index in [0.29, 0.717) is 12.2 Å². The lowest BCUT2D eigenvalue weighted by Crippen LogP contribution is -2.09. The van der Waals surface area contributed by atoms with E-state index in [9.17, 15) is 4.79 Å². The number of carbonyl (C=O) groups excluding carboxylic acids is 1. The fourth-order valence-corrected chi connectivity index (χ4v) is 2.58. The Hall–Kier alpha value is -1.12. The fourth-order valence-electron chi connectivity index (χ4n) is 2.58. The molecule has 0 fully saturated rings. The van der Waals surface area contributed by atoms with Gasteiger partial charge in [-0.25, -0.2) is 0 Å². The van der Waals surface area contributed by atoms with Crippen molar-refractivity contribution >= 4 is 5.78 Å². The van der Waals surface area contributed by atoms with E-state index in [4.69, 9.17) is 0 Å². The van der Waals surface area contributed by atoms with Crippen LogP contribution in [0, 0.1) is 6.92 Å². The standard InChI is InChI=1S/C17H30N2O/c1-4-6-7-8-9-10-11-12-17(20)14-16-13-15(3)18-19(16)5-2/h13H,4-12,14H2,1-3H3. The number of nitrogens with zero attached hydrogens (tertiary/aromatic N) is 2. The maximum absolute atomic E-state index is 12.0. The number of Topliss-reactive ketones (excluding diaryl/α,β-unsaturated/α-hetero) is 1. The molecule has 0 aliphatic carbocycles. The molecule has 0 aliphatic heterocycles. The summed E-state index contributed by atoms with van der Waals surface area (Å²) in [6.45, 7) is 7.13. The zero-order valence-electron chi connectivity index (χ0n) is 13.5. The second-order valence-corrected chi connectivity index (χ2v) is 5.68. The summed E-state index contributed by atoms with van der Waals surface area (Å²) in [7, 11) is 0. The number of aromatic nitrogens is 2.